The van der Waals surface area contributed by atoms with Crippen molar-refractivity contribution in [2.75, 3.05) is 0 Å². The van der Waals surface area contributed by atoms with Crippen LogP contribution in [0.2, 0.25) is 0 Å². The van der Waals surface area contributed by atoms with E-state index in [4.69, 9.17) is 10.7 Å². The van der Waals surface area contributed by atoms with E-state index < -0.39 is 26.7 Å². The molecule has 24 heavy (non-hydrogen) atoms. The van der Waals surface area contributed by atoms with Crippen molar-refractivity contribution in [3.05, 3.63) is 48.0 Å². The van der Waals surface area contributed by atoms with Gasteiger partial charge in [0.15, 0.2) is 0 Å². The topological polar surface area (TPSA) is 72.2 Å². The van der Waals surface area contributed by atoms with Gasteiger partial charge in [0.2, 0.25) is 5.88 Å². The number of benzene rings is 2. The molecule has 5 nitrogen and oxygen atoms in total. The lowest BCUT2D eigenvalue weighted by atomic mass is 10.2. The first-order chi connectivity index (χ1) is 11.1. The van der Waals surface area contributed by atoms with Crippen LogP contribution in [0.3, 0.4) is 0 Å². The molecule has 0 unspecified atom stereocenters. The summed E-state index contributed by atoms with van der Waals surface area (Å²) in [5, 5.41) is 13.8. The number of alkyl halides is 3. The number of halogens is 4. The summed E-state index contributed by atoms with van der Waals surface area (Å²) in [7, 11) is 1.26. The van der Waals surface area contributed by atoms with Crippen LogP contribution < -0.4 is 0 Å². The maximum absolute atomic E-state index is 12.6. The van der Waals surface area contributed by atoms with Crippen molar-refractivity contribution in [2.24, 2.45) is 0 Å². The van der Waals surface area contributed by atoms with E-state index >= 15 is 0 Å². The molecular formula is C14H8ClF3N2O3S. The van der Waals surface area contributed by atoms with Crippen molar-refractivity contribution in [1.29, 1.82) is 0 Å². The second kappa shape index (κ2) is 5.38. The number of rotatable bonds is 2. The van der Waals surface area contributed by atoms with E-state index in [0.29, 0.717) is 5.52 Å². The third-order valence-electron chi connectivity index (χ3n) is 3.35. The molecule has 2 aromatic carbocycles. The molecule has 0 aliphatic heterocycles. The minimum Gasteiger partial charge on any atom is -0.492 e. The zero-order chi connectivity index (χ0) is 17.7. The number of hydrogen-bond acceptors (Lipinski definition) is 4. The highest BCUT2D eigenvalue weighted by Crippen LogP contribution is 2.32. The SMILES string of the molecule is O=S(=O)(Cl)c1ccc2c(c1)c(O)nn2-c1ccc(C(F)(F)F)cc1. The molecule has 0 aliphatic carbocycles. The third kappa shape index (κ3) is 2.92. The molecule has 10 heteroatoms. The Bertz CT molecular complexity index is 1030. The molecule has 0 aliphatic rings. The highest BCUT2D eigenvalue weighted by molar-refractivity contribution is 8.13. The van der Waals surface area contributed by atoms with Crippen LogP contribution in [0.15, 0.2) is 47.4 Å². The number of aromatic hydroxyl groups is 1. The standard InChI is InChI=1S/C14H8ClF3N2O3S/c15-24(22,23)10-5-6-12-11(7-10)13(21)19-20(12)9-3-1-8(2-4-9)14(16,17)18/h1-7H,(H,19,21). The first kappa shape index (κ1) is 16.6. The summed E-state index contributed by atoms with van der Waals surface area (Å²) in [6.07, 6.45) is -4.46. The second-order valence-corrected chi connectivity index (χ2v) is 7.46. The van der Waals surface area contributed by atoms with E-state index in [9.17, 15) is 26.7 Å². The van der Waals surface area contributed by atoms with E-state index in [-0.39, 0.29) is 16.0 Å². The molecule has 0 fully saturated rings. The normalized spacial score (nSPS) is 12.7. The Morgan fingerprint density at radius 1 is 1.08 bits per heavy atom. The van der Waals surface area contributed by atoms with Gasteiger partial charge in [-0.05, 0) is 42.5 Å². The Morgan fingerprint density at radius 3 is 2.25 bits per heavy atom. The first-order valence-corrected chi connectivity index (χ1v) is 8.72. The van der Waals surface area contributed by atoms with Crippen molar-refractivity contribution in [2.45, 2.75) is 11.1 Å². The molecule has 3 rings (SSSR count). The average Bonchev–Trinajstić information content (AvgIpc) is 2.82. The molecule has 0 radical (unpaired) electrons. The van der Waals surface area contributed by atoms with Gasteiger partial charge in [0, 0.05) is 10.7 Å². The summed E-state index contributed by atoms with van der Waals surface area (Å²) >= 11 is 0. The number of aromatic nitrogens is 2. The van der Waals surface area contributed by atoms with Crippen LogP contribution in [0.4, 0.5) is 13.2 Å². The van der Waals surface area contributed by atoms with Crippen molar-refractivity contribution >= 4 is 30.6 Å². The Labute approximate surface area is 138 Å². The van der Waals surface area contributed by atoms with Gasteiger partial charge in [0.05, 0.1) is 27.0 Å². The lowest BCUT2D eigenvalue weighted by Crippen LogP contribution is -2.05. The van der Waals surface area contributed by atoms with Crippen molar-refractivity contribution in [3.8, 4) is 11.6 Å². The van der Waals surface area contributed by atoms with Crippen LogP contribution in [0.25, 0.3) is 16.6 Å². The molecule has 0 saturated heterocycles. The predicted octanol–water partition coefficient (Wildman–Crippen LogP) is 3.68. The van der Waals surface area contributed by atoms with Crippen LogP contribution in [0, 0.1) is 0 Å². The summed E-state index contributed by atoms with van der Waals surface area (Å²) in [5.41, 5.74) is -0.228. The molecule has 0 spiro atoms. The van der Waals surface area contributed by atoms with Crippen LogP contribution >= 0.6 is 10.7 Å². The van der Waals surface area contributed by atoms with E-state index in [2.05, 4.69) is 5.10 Å². The third-order valence-corrected chi connectivity index (χ3v) is 4.70. The van der Waals surface area contributed by atoms with Crippen LogP contribution in [-0.2, 0) is 15.2 Å². The maximum Gasteiger partial charge on any atom is 0.416 e. The van der Waals surface area contributed by atoms with Crippen LogP contribution in [-0.4, -0.2) is 23.3 Å². The predicted molar refractivity (Wildman–Crippen MR) is 80.8 cm³/mol. The minimum atomic E-state index is -4.46. The van der Waals surface area contributed by atoms with E-state index in [1.807, 2.05) is 0 Å². The Kier molecular flexibility index (Phi) is 3.72. The zero-order valence-corrected chi connectivity index (χ0v) is 13.2. The second-order valence-electron chi connectivity index (χ2n) is 4.90. The van der Waals surface area contributed by atoms with Crippen LogP contribution in [0.1, 0.15) is 5.56 Å². The summed E-state index contributed by atoms with van der Waals surface area (Å²) in [6.45, 7) is 0. The highest BCUT2D eigenvalue weighted by Gasteiger charge is 2.30. The lowest BCUT2D eigenvalue weighted by Gasteiger charge is -2.08. The highest BCUT2D eigenvalue weighted by atomic mass is 35.7. The fraction of sp³-hybridized carbons (Fsp3) is 0.0714. The van der Waals surface area contributed by atoms with Gasteiger partial charge in [0.25, 0.3) is 9.05 Å². The molecule has 0 saturated carbocycles. The molecule has 0 amide bonds. The number of hydrogen-bond donors (Lipinski definition) is 1. The Morgan fingerprint density at radius 2 is 1.71 bits per heavy atom. The smallest absolute Gasteiger partial charge is 0.416 e. The zero-order valence-electron chi connectivity index (χ0n) is 11.6. The maximum atomic E-state index is 12.6. The van der Waals surface area contributed by atoms with Crippen molar-refractivity contribution in [1.82, 2.24) is 9.78 Å². The average molecular weight is 377 g/mol. The molecule has 126 valence electrons. The molecule has 1 aromatic heterocycles. The van der Waals surface area contributed by atoms with Gasteiger partial charge >= 0.3 is 6.18 Å². The minimum absolute atomic E-state index is 0.108. The van der Waals surface area contributed by atoms with E-state index in [1.54, 1.807) is 0 Å². The molecular weight excluding hydrogens is 369 g/mol. The van der Waals surface area contributed by atoms with Gasteiger partial charge in [-0.15, -0.1) is 5.10 Å². The molecule has 1 heterocycles. The summed E-state index contributed by atoms with van der Waals surface area (Å²) in [5.74, 6) is -0.466. The fourth-order valence-corrected chi connectivity index (χ4v) is 3.00. The largest absolute Gasteiger partial charge is 0.492 e. The summed E-state index contributed by atoms with van der Waals surface area (Å²) in [6, 6.07) is 7.87. The molecule has 0 atom stereocenters. The number of nitrogens with zero attached hydrogens (tertiary/aromatic N) is 2. The quantitative estimate of drug-likeness (QED) is 0.692. The molecule has 3 aromatic rings. The van der Waals surface area contributed by atoms with Gasteiger partial charge in [-0.1, -0.05) is 0 Å². The van der Waals surface area contributed by atoms with Gasteiger partial charge in [0.1, 0.15) is 0 Å². The number of fused-ring (bicyclic) bond motifs is 1. The first-order valence-electron chi connectivity index (χ1n) is 6.41. The lowest BCUT2D eigenvalue weighted by molar-refractivity contribution is -0.137. The van der Waals surface area contributed by atoms with Crippen LogP contribution in [0.5, 0.6) is 5.88 Å². The van der Waals surface area contributed by atoms with E-state index in [1.165, 1.54) is 28.9 Å². The Balaban J connectivity index is 2.14. The van der Waals surface area contributed by atoms with Gasteiger partial charge in [-0.25, -0.2) is 13.1 Å². The Hall–Kier alpha value is -2.26. The van der Waals surface area contributed by atoms with Gasteiger partial charge < -0.3 is 5.11 Å². The molecule has 0 bridgehead atoms. The van der Waals surface area contributed by atoms with E-state index in [0.717, 1.165) is 18.2 Å². The fourth-order valence-electron chi connectivity index (χ4n) is 2.22. The summed E-state index contributed by atoms with van der Waals surface area (Å²) < 4.78 is 61.7. The van der Waals surface area contributed by atoms with Gasteiger partial charge in [-0.2, -0.15) is 13.2 Å². The monoisotopic (exact) mass is 376 g/mol. The van der Waals surface area contributed by atoms with Crippen molar-refractivity contribution < 1.29 is 26.7 Å². The van der Waals surface area contributed by atoms with Gasteiger partial charge in [-0.3, -0.25) is 0 Å². The summed E-state index contributed by atoms with van der Waals surface area (Å²) in [4.78, 5) is -0.223. The molecule has 1 N–H and O–H groups in total. The van der Waals surface area contributed by atoms with Crippen molar-refractivity contribution in [3.63, 3.8) is 0 Å².